The molecule has 100 valence electrons. The smallest absolute Gasteiger partial charge is 0.219 e. The van der Waals surface area contributed by atoms with Crippen LogP contribution in [0.4, 0.5) is 0 Å². The standard InChI is InChI=1S/C13H26N2O2/c1-4-9-17-11(2)10-14-13-5-7-15(8-6-13)12(3)16/h11,13-14H,4-10H2,1-3H3. The Hall–Kier alpha value is -0.610. The van der Waals surface area contributed by atoms with E-state index >= 15 is 0 Å². The van der Waals surface area contributed by atoms with Gasteiger partial charge < -0.3 is 15.0 Å². The van der Waals surface area contributed by atoms with Crippen molar-refractivity contribution in [2.24, 2.45) is 0 Å². The van der Waals surface area contributed by atoms with Crippen LogP contribution in [0.3, 0.4) is 0 Å². The Labute approximate surface area is 105 Å². The second-order valence-electron chi connectivity index (χ2n) is 4.87. The van der Waals surface area contributed by atoms with Crippen molar-refractivity contribution in [1.82, 2.24) is 10.2 Å². The molecule has 0 aromatic carbocycles. The monoisotopic (exact) mass is 242 g/mol. The zero-order valence-electron chi connectivity index (χ0n) is 11.4. The molecule has 1 saturated heterocycles. The van der Waals surface area contributed by atoms with Gasteiger partial charge in [-0.1, -0.05) is 6.92 Å². The van der Waals surface area contributed by atoms with Crippen LogP contribution in [0.25, 0.3) is 0 Å². The third-order valence-corrected chi connectivity index (χ3v) is 3.24. The fraction of sp³-hybridized carbons (Fsp3) is 0.923. The van der Waals surface area contributed by atoms with Gasteiger partial charge in [0.15, 0.2) is 0 Å². The molecule has 1 fully saturated rings. The largest absolute Gasteiger partial charge is 0.377 e. The molecule has 1 aliphatic rings. The van der Waals surface area contributed by atoms with Crippen LogP contribution in [0, 0.1) is 0 Å². The van der Waals surface area contributed by atoms with E-state index in [-0.39, 0.29) is 12.0 Å². The maximum Gasteiger partial charge on any atom is 0.219 e. The maximum atomic E-state index is 11.2. The summed E-state index contributed by atoms with van der Waals surface area (Å²) in [4.78, 5) is 13.1. The molecule has 4 nitrogen and oxygen atoms in total. The van der Waals surface area contributed by atoms with Crippen molar-refractivity contribution in [2.75, 3.05) is 26.2 Å². The molecular weight excluding hydrogens is 216 g/mol. The molecule has 0 saturated carbocycles. The van der Waals surface area contributed by atoms with Crippen molar-refractivity contribution in [1.29, 1.82) is 0 Å². The molecule has 0 aromatic rings. The Kier molecular flexibility index (Phi) is 6.52. The van der Waals surface area contributed by atoms with Gasteiger partial charge in [-0.15, -0.1) is 0 Å². The lowest BCUT2D eigenvalue weighted by molar-refractivity contribution is -0.129. The topological polar surface area (TPSA) is 41.6 Å². The second kappa shape index (κ2) is 7.67. The van der Waals surface area contributed by atoms with E-state index in [2.05, 4.69) is 19.2 Å². The van der Waals surface area contributed by atoms with Crippen molar-refractivity contribution in [3.05, 3.63) is 0 Å². The normalized spacial score (nSPS) is 19.4. The van der Waals surface area contributed by atoms with E-state index in [1.165, 1.54) is 0 Å². The van der Waals surface area contributed by atoms with Crippen LogP contribution in [0.1, 0.15) is 40.0 Å². The highest BCUT2D eigenvalue weighted by Gasteiger charge is 2.20. The first kappa shape index (κ1) is 14.5. The average Bonchev–Trinajstić information content (AvgIpc) is 2.34. The van der Waals surface area contributed by atoms with Crippen LogP contribution in [-0.4, -0.2) is 49.2 Å². The molecule has 0 aliphatic carbocycles. The third kappa shape index (κ3) is 5.50. The lowest BCUT2D eigenvalue weighted by Crippen LogP contribution is -2.45. The van der Waals surface area contributed by atoms with E-state index in [1.54, 1.807) is 6.92 Å². The van der Waals surface area contributed by atoms with Gasteiger partial charge in [0.1, 0.15) is 0 Å². The van der Waals surface area contributed by atoms with E-state index in [1.807, 2.05) is 4.90 Å². The first-order valence-corrected chi connectivity index (χ1v) is 6.74. The quantitative estimate of drug-likeness (QED) is 0.765. The Bertz CT molecular complexity index is 225. The number of hydrogen-bond acceptors (Lipinski definition) is 3. The number of nitrogens with one attached hydrogen (secondary N) is 1. The number of rotatable bonds is 6. The first-order valence-electron chi connectivity index (χ1n) is 6.74. The molecular formula is C13H26N2O2. The van der Waals surface area contributed by atoms with Gasteiger partial charge >= 0.3 is 0 Å². The Morgan fingerprint density at radius 2 is 2.12 bits per heavy atom. The summed E-state index contributed by atoms with van der Waals surface area (Å²) in [5.74, 6) is 0.197. The summed E-state index contributed by atoms with van der Waals surface area (Å²) in [5.41, 5.74) is 0. The van der Waals surface area contributed by atoms with Crippen LogP contribution in [0.2, 0.25) is 0 Å². The lowest BCUT2D eigenvalue weighted by atomic mass is 10.0. The molecule has 0 aromatic heterocycles. The number of piperidine rings is 1. The van der Waals surface area contributed by atoms with Crippen molar-refractivity contribution in [3.63, 3.8) is 0 Å². The number of hydrogen-bond donors (Lipinski definition) is 1. The van der Waals surface area contributed by atoms with Crippen LogP contribution >= 0.6 is 0 Å². The first-order chi connectivity index (χ1) is 8.13. The van der Waals surface area contributed by atoms with Gasteiger partial charge in [0.05, 0.1) is 6.10 Å². The van der Waals surface area contributed by atoms with Crippen molar-refractivity contribution < 1.29 is 9.53 Å². The van der Waals surface area contributed by atoms with Gasteiger partial charge in [-0.3, -0.25) is 4.79 Å². The predicted molar refractivity (Wildman–Crippen MR) is 69.0 cm³/mol. The third-order valence-electron chi connectivity index (χ3n) is 3.24. The number of amides is 1. The molecule has 1 rings (SSSR count). The van der Waals surface area contributed by atoms with Crippen LogP contribution < -0.4 is 5.32 Å². The second-order valence-corrected chi connectivity index (χ2v) is 4.87. The highest BCUT2D eigenvalue weighted by atomic mass is 16.5. The van der Waals surface area contributed by atoms with Crippen molar-refractivity contribution >= 4 is 5.91 Å². The van der Waals surface area contributed by atoms with E-state index < -0.39 is 0 Å². The number of likely N-dealkylation sites (tertiary alicyclic amines) is 1. The fourth-order valence-electron chi connectivity index (χ4n) is 2.11. The molecule has 4 heteroatoms. The summed E-state index contributed by atoms with van der Waals surface area (Å²) in [5, 5.41) is 3.53. The summed E-state index contributed by atoms with van der Waals surface area (Å²) in [7, 11) is 0. The summed E-state index contributed by atoms with van der Waals surface area (Å²) >= 11 is 0. The molecule has 1 N–H and O–H groups in total. The number of nitrogens with zero attached hydrogens (tertiary/aromatic N) is 1. The zero-order valence-corrected chi connectivity index (χ0v) is 11.4. The van der Waals surface area contributed by atoms with E-state index in [0.717, 1.165) is 45.5 Å². The molecule has 1 heterocycles. The molecule has 1 aliphatic heterocycles. The molecule has 17 heavy (non-hydrogen) atoms. The molecule has 1 amide bonds. The van der Waals surface area contributed by atoms with Gasteiger partial charge in [-0.25, -0.2) is 0 Å². The van der Waals surface area contributed by atoms with Crippen molar-refractivity contribution in [3.8, 4) is 0 Å². The minimum absolute atomic E-state index is 0.197. The molecule has 0 radical (unpaired) electrons. The number of carbonyl (C=O) groups is 1. The number of carbonyl (C=O) groups excluding carboxylic acids is 1. The lowest BCUT2D eigenvalue weighted by Gasteiger charge is -2.32. The Balaban J connectivity index is 2.11. The van der Waals surface area contributed by atoms with E-state index in [4.69, 9.17) is 4.74 Å². The highest BCUT2D eigenvalue weighted by Crippen LogP contribution is 2.10. The van der Waals surface area contributed by atoms with Gasteiger partial charge in [-0.2, -0.15) is 0 Å². The Morgan fingerprint density at radius 3 is 2.65 bits per heavy atom. The number of ether oxygens (including phenoxy) is 1. The molecule has 0 spiro atoms. The SMILES string of the molecule is CCCOC(C)CNC1CCN(C(C)=O)CC1. The fourth-order valence-corrected chi connectivity index (χ4v) is 2.11. The zero-order chi connectivity index (χ0) is 12.7. The van der Waals surface area contributed by atoms with Crippen LogP contribution in [0.15, 0.2) is 0 Å². The summed E-state index contributed by atoms with van der Waals surface area (Å²) in [6.07, 6.45) is 3.46. The summed E-state index contributed by atoms with van der Waals surface area (Å²) in [6, 6.07) is 0.540. The Morgan fingerprint density at radius 1 is 1.47 bits per heavy atom. The molecule has 1 unspecified atom stereocenters. The van der Waals surface area contributed by atoms with Crippen LogP contribution in [-0.2, 0) is 9.53 Å². The van der Waals surface area contributed by atoms with Gasteiger partial charge in [0.2, 0.25) is 5.91 Å². The maximum absolute atomic E-state index is 11.2. The minimum Gasteiger partial charge on any atom is -0.377 e. The van der Waals surface area contributed by atoms with Gasteiger partial charge in [0, 0.05) is 39.2 Å². The highest BCUT2D eigenvalue weighted by molar-refractivity contribution is 5.73. The predicted octanol–water partition coefficient (Wildman–Crippen LogP) is 1.40. The molecule has 1 atom stereocenters. The summed E-state index contributed by atoms with van der Waals surface area (Å²) < 4.78 is 5.61. The van der Waals surface area contributed by atoms with E-state index in [0.29, 0.717) is 6.04 Å². The van der Waals surface area contributed by atoms with Crippen molar-refractivity contribution in [2.45, 2.75) is 52.2 Å². The van der Waals surface area contributed by atoms with Crippen LogP contribution in [0.5, 0.6) is 0 Å². The average molecular weight is 242 g/mol. The minimum atomic E-state index is 0.197. The molecule has 0 bridgehead atoms. The van der Waals surface area contributed by atoms with Gasteiger partial charge in [-0.05, 0) is 26.2 Å². The van der Waals surface area contributed by atoms with Gasteiger partial charge in [0.25, 0.3) is 0 Å². The summed E-state index contributed by atoms with van der Waals surface area (Å²) in [6.45, 7) is 9.39. The van der Waals surface area contributed by atoms with E-state index in [9.17, 15) is 4.79 Å².